The van der Waals surface area contributed by atoms with Crippen molar-refractivity contribution in [2.24, 2.45) is 17.8 Å². The van der Waals surface area contributed by atoms with E-state index in [2.05, 4.69) is 116 Å². The van der Waals surface area contributed by atoms with Gasteiger partial charge in [0.2, 0.25) is 0 Å². The summed E-state index contributed by atoms with van der Waals surface area (Å²) in [5.41, 5.74) is 6.62. The van der Waals surface area contributed by atoms with E-state index in [-0.39, 0.29) is 4.32 Å². The number of hydrogen-bond donors (Lipinski definition) is 0. The summed E-state index contributed by atoms with van der Waals surface area (Å²) in [5, 5.41) is 0. The van der Waals surface area contributed by atoms with Gasteiger partial charge < -0.3 is 4.74 Å². The van der Waals surface area contributed by atoms with Gasteiger partial charge in [-0.1, -0.05) is 143 Å². The second kappa shape index (κ2) is 13.1. The highest BCUT2D eigenvalue weighted by molar-refractivity contribution is 9.10. The van der Waals surface area contributed by atoms with Crippen molar-refractivity contribution in [2.45, 2.75) is 83.4 Å². The van der Waals surface area contributed by atoms with Gasteiger partial charge in [0, 0.05) is 0 Å². The molecule has 0 saturated heterocycles. The lowest BCUT2D eigenvalue weighted by molar-refractivity contribution is 0.274. The van der Waals surface area contributed by atoms with Crippen LogP contribution in [0.15, 0.2) is 78.4 Å². The lowest BCUT2D eigenvalue weighted by atomic mass is 9.87. The molecule has 0 aromatic heterocycles. The monoisotopic (exact) mass is 560 g/mol. The highest BCUT2D eigenvalue weighted by Gasteiger charge is 2.43. The van der Waals surface area contributed by atoms with E-state index in [1.54, 1.807) is 0 Å². The van der Waals surface area contributed by atoms with Crippen LogP contribution in [0, 0.1) is 17.8 Å². The van der Waals surface area contributed by atoms with Gasteiger partial charge in [-0.3, -0.25) is 0 Å². The topological polar surface area (TPSA) is 9.23 Å². The minimum atomic E-state index is -0.347. The summed E-state index contributed by atoms with van der Waals surface area (Å²) in [5.74, 6) is 3.37. The maximum Gasteiger partial charge on any atom is 0.119 e. The number of hydrogen-bond acceptors (Lipinski definition) is 1. The lowest BCUT2D eigenvalue weighted by Gasteiger charge is -2.27. The van der Waals surface area contributed by atoms with Crippen LogP contribution in [0.25, 0.3) is 5.57 Å². The van der Waals surface area contributed by atoms with Crippen molar-refractivity contribution >= 4 is 21.5 Å². The van der Waals surface area contributed by atoms with Gasteiger partial charge in [-0.2, -0.15) is 0 Å². The van der Waals surface area contributed by atoms with E-state index in [9.17, 15) is 0 Å². The summed E-state index contributed by atoms with van der Waals surface area (Å²) in [4.78, 5) is 0. The fourth-order valence-corrected chi connectivity index (χ4v) is 6.81. The zero-order valence-electron chi connectivity index (χ0n) is 23.3. The zero-order chi connectivity index (χ0) is 26.3. The van der Waals surface area contributed by atoms with E-state index in [0.717, 1.165) is 37.0 Å². The summed E-state index contributed by atoms with van der Waals surface area (Å²) in [6, 6.07) is 17.5. The molecule has 0 saturated carbocycles. The van der Waals surface area contributed by atoms with Crippen molar-refractivity contribution in [1.29, 1.82) is 0 Å². The molecule has 37 heavy (non-hydrogen) atoms. The van der Waals surface area contributed by atoms with E-state index >= 15 is 0 Å². The molecule has 2 aromatic carbocycles. The van der Waals surface area contributed by atoms with Gasteiger partial charge in [0.15, 0.2) is 0 Å². The Morgan fingerprint density at radius 1 is 0.838 bits per heavy atom. The third-order valence-corrected chi connectivity index (χ3v) is 9.45. The van der Waals surface area contributed by atoms with E-state index in [1.165, 1.54) is 66.4 Å². The molecule has 4 rings (SSSR count). The van der Waals surface area contributed by atoms with Gasteiger partial charge >= 0.3 is 0 Å². The van der Waals surface area contributed by atoms with E-state index in [0.29, 0.717) is 5.92 Å². The SMILES string of the molecule is CC(C)CCCC(C)CCCC(C)CCOc1ccc2c(c1)C(Br)(c1ccccc1)C1=C2CC=CC=C1. The van der Waals surface area contributed by atoms with Crippen LogP contribution in [0.2, 0.25) is 0 Å². The lowest BCUT2D eigenvalue weighted by Crippen LogP contribution is -2.19. The predicted molar refractivity (Wildman–Crippen MR) is 163 cm³/mol. The maximum absolute atomic E-state index is 6.34. The van der Waals surface area contributed by atoms with Crippen LogP contribution < -0.4 is 4.74 Å². The molecule has 0 fully saturated rings. The normalized spacial score (nSPS) is 20.1. The van der Waals surface area contributed by atoms with Crippen molar-refractivity contribution in [2.75, 3.05) is 6.61 Å². The van der Waals surface area contributed by atoms with Crippen molar-refractivity contribution < 1.29 is 4.74 Å². The third kappa shape index (κ3) is 6.88. The number of fused-ring (bicyclic) bond motifs is 2. The second-order valence-electron chi connectivity index (χ2n) is 11.7. The Hall–Kier alpha value is -2.06. The molecule has 0 N–H and O–H groups in total. The first-order chi connectivity index (χ1) is 17.9. The smallest absolute Gasteiger partial charge is 0.119 e. The molecule has 198 valence electrons. The van der Waals surface area contributed by atoms with Gasteiger partial charge in [-0.15, -0.1) is 0 Å². The summed E-state index contributed by atoms with van der Waals surface area (Å²) >= 11 is 4.22. The molecule has 0 amide bonds. The molecule has 0 radical (unpaired) electrons. The summed E-state index contributed by atoms with van der Waals surface area (Å²) in [6.45, 7) is 10.3. The molecular formula is C35H45BrO. The first-order valence-electron chi connectivity index (χ1n) is 14.5. The van der Waals surface area contributed by atoms with E-state index < -0.39 is 0 Å². The standard InChI is InChI=1S/C35H45BrO/c1-26(2)13-11-14-27(3)15-12-16-28(4)23-24-37-30-21-22-32-31-19-9-6-10-20-33(31)35(36,34(32)25-30)29-17-7-5-8-18-29/h5-10,17-18,20-22,25-28H,11-16,19,23-24H2,1-4H3. The Balaban J connectivity index is 1.35. The van der Waals surface area contributed by atoms with Crippen LogP contribution in [0.3, 0.4) is 0 Å². The molecule has 2 aliphatic rings. The van der Waals surface area contributed by atoms with Crippen LogP contribution in [0.1, 0.15) is 95.8 Å². The Kier molecular flexibility index (Phi) is 9.93. The molecule has 0 spiro atoms. The minimum Gasteiger partial charge on any atom is -0.494 e. The van der Waals surface area contributed by atoms with Crippen molar-refractivity contribution in [1.82, 2.24) is 0 Å². The predicted octanol–water partition coefficient (Wildman–Crippen LogP) is 10.6. The molecule has 0 aliphatic heterocycles. The first-order valence-corrected chi connectivity index (χ1v) is 15.3. The van der Waals surface area contributed by atoms with Crippen molar-refractivity contribution in [3.05, 3.63) is 95.1 Å². The van der Waals surface area contributed by atoms with Crippen molar-refractivity contribution in [3.8, 4) is 5.75 Å². The number of allylic oxidation sites excluding steroid dienone is 6. The summed E-state index contributed by atoms with van der Waals surface area (Å²) in [6.07, 6.45) is 19.0. The molecule has 0 bridgehead atoms. The average Bonchev–Trinajstić information content (AvgIpc) is 3.02. The van der Waals surface area contributed by atoms with Crippen LogP contribution in [0.5, 0.6) is 5.75 Å². The molecule has 2 heteroatoms. The second-order valence-corrected chi connectivity index (χ2v) is 12.9. The molecule has 1 nitrogen and oxygen atoms in total. The third-order valence-electron chi connectivity index (χ3n) is 8.14. The molecular weight excluding hydrogens is 516 g/mol. The summed E-state index contributed by atoms with van der Waals surface area (Å²) < 4.78 is 5.99. The number of ether oxygens (including phenoxy) is 1. The van der Waals surface area contributed by atoms with Crippen LogP contribution >= 0.6 is 15.9 Å². The van der Waals surface area contributed by atoms with Crippen LogP contribution in [0.4, 0.5) is 0 Å². The van der Waals surface area contributed by atoms with Gasteiger partial charge in [-0.25, -0.2) is 0 Å². The highest BCUT2D eigenvalue weighted by Crippen LogP contribution is 2.56. The molecule has 3 atom stereocenters. The Labute approximate surface area is 234 Å². The maximum atomic E-state index is 6.34. The molecule has 0 heterocycles. The highest BCUT2D eigenvalue weighted by atomic mass is 79.9. The first kappa shape index (κ1) is 28.0. The van der Waals surface area contributed by atoms with Gasteiger partial charge in [0.1, 0.15) is 10.1 Å². The van der Waals surface area contributed by atoms with Gasteiger partial charge in [0.05, 0.1) is 6.61 Å². The Morgan fingerprint density at radius 3 is 2.27 bits per heavy atom. The largest absolute Gasteiger partial charge is 0.494 e. The van der Waals surface area contributed by atoms with Crippen molar-refractivity contribution in [3.63, 3.8) is 0 Å². The number of rotatable bonds is 13. The van der Waals surface area contributed by atoms with E-state index in [1.807, 2.05) is 0 Å². The Bertz CT molecular complexity index is 1110. The quantitative estimate of drug-likeness (QED) is 0.221. The zero-order valence-corrected chi connectivity index (χ0v) is 24.9. The van der Waals surface area contributed by atoms with Crippen LogP contribution in [-0.4, -0.2) is 6.61 Å². The fourth-order valence-electron chi connectivity index (χ4n) is 5.85. The summed E-state index contributed by atoms with van der Waals surface area (Å²) in [7, 11) is 0. The van der Waals surface area contributed by atoms with Crippen LogP contribution in [-0.2, 0) is 4.32 Å². The fraction of sp³-hybridized carbons (Fsp3) is 0.486. The number of benzene rings is 2. The number of halogens is 1. The molecule has 3 unspecified atom stereocenters. The van der Waals surface area contributed by atoms with E-state index in [4.69, 9.17) is 4.74 Å². The molecule has 2 aromatic rings. The minimum absolute atomic E-state index is 0.347. The number of alkyl halides is 1. The van der Waals surface area contributed by atoms with Gasteiger partial charge in [-0.05, 0) is 70.6 Å². The average molecular weight is 562 g/mol. The van der Waals surface area contributed by atoms with Gasteiger partial charge in [0.25, 0.3) is 0 Å². The Morgan fingerprint density at radius 2 is 1.54 bits per heavy atom. The molecule has 2 aliphatic carbocycles.